The number of rotatable bonds is 6. The number of methoxy groups -OCH3 is 1. The van der Waals surface area contributed by atoms with E-state index in [0.29, 0.717) is 33.9 Å². The van der Waals surface area contributed by atoms with E-state index >= 15 is 0 Å². The molecule has 0 aliphatic rings. The van der Waals surface area contributed by atoms with E-state index in [4.69, 9.17) is 20.9 Å². The number of ether oxygens (including phenoxy) is 1. The maximum Gasteiger partial charge on any atom is 0.246 e. The van der Waals surface area contributed by atoms with Crippen molar-refractivity contribution in [3.8, 4) is 17.4 Å². The molecule has 2 N–H and O–H groups in total. The molecular weight excluding hydrogens is 346 g/mol. The lowest BCUT2D eigenvalue weighted by atomic mass is 10.1. The molecule has 0 fully saturated rings. The maximum atomic E-state index is 9.52. The van der Waals surface area contributed by atoms with Gasteiger partial charge < -0.3 is 19.7 Å². The summed E-state index contributed by atoms with van der Waals surface area (Å²) in [6.45, 7) is 2.04. The molecule has 0 bridgehead atoms. The summed E-state index contributed by atoms with van der Waals surface area (Å²) in [6.07, 6.45) is 0. The molecule has 0 aliphatic heterocycles. The molecule has 2 aromatic heterocycles. The van der Waals surface area contributed by atoms with Crippen molar-refractivity contribution in [3.63, 3.8) is 0 Å². The third-order valence-corrected chi connectivity index (χ3v) is 3.94. The summed E-state index contributed by atoms with van der Waals surface area (Å²) in [5, 5.41) is 24.9. The lowest BCUT2D eigenvalue weighted by Gasteiger charge is -2.13. The number of anilines is 1. The highest BCUT2D eigenvalue weighted by molar-refractivity contribution is 6.31. The summed E-state index contributed by atoms with van der Waals surface area (Å²) in [5.41, 5.74) is 2.81. The number of nitrogens with zero attached hydrogens (tertiary/aromatic N) is 4. The highest BCUT2D eigenvalue weighted by Gasteiger charge is 2.13. The number of aliphatic hydroxyl groups is 1. The predicted molar refractivity (Wildman–Crippen MR) is 91.3 cm³/mol. The molecule has 130 valence electrons. The number of hydrogen-bond donors (Lipinski definition) is 2. The van der Waals surface area contributed by atoms with E-state index in [1.54, 1.807) is 18.2 Å². The van der Waals surface area contributed by atoms with Crippen molar-refractivity contribution in [1.29, 1.82) is 0 Å². The van der Waals surface area contributed by atoms with Crippen LogP contribution in [-0.4, -0.2) is 32.6 Å². The van der Waals surface area contributed by atoms with Crippen LogP contribution in [0.4, 0.5) is 5.69 Å². The Morgan fingerprint density at radius 3 is 2.76 bits per heavy atom. The van der Waals surface area contributed by atoms with Crippen LogP contribution in [0.1, 0.15) is 17.0 Å². The van der Waals surface area contributed by atoms with Gasteiger partial charge in [0.15, 0.2) is 0 Å². The summed E-state index contributed by atoms with van der Waals surface area (Å²) < 4.78 is 10.2. The maximum absolute atomic E-state index is 9.52. The Morgan fingerprint density at radius 2 is 2.08 bits per heavy atom. The summed E-state index contributed by atoms with van der Waals surface area (Å²) in [5.74, 6) is 1.11. The molecule has 0 spiro atoms. The zero-order valence-corrected chi connectivity index (χ0v) is 14.4. The summed E-state index contributed by atoms with van der Waals surface area (Å²) in [4.78, 5) is 4.28. The minimum atomic E-state index is -0.167. The molecule has 25 heavy (non-hydrogen) atoms. The van der Waals surface area contributed by atoms with Gasteiger partial charge in [-0.25, -0.2) is 0 Å². The first-order valence-corrected chi connectivity index (χ1v) is 7.83. The van der Waals surface area contributed by atoms with Gasteiger partial charge >= 0.3 is 0 Å². The van der Waals surface area contributed by atoms with Crippen molar-refractivity contribution in [3.05, 3.63) is 46.3 Å². The van der Waals surface area contributed by atoms with Gasteiger partial charge in [0.25, 0.3) is 0 Å². The fourth-order valence-corrected chi connectivity index (χ4v) is 2.50. The summed E-state index contributed by atoms with van der Waals surface area (Å²) >= 11 is 6.12. The van der Waals surface area contributed by atoms with E-state index in [9.17, 15) is 5.11 Å². The van der Waals surface area contributed by atoms with Crippen molar-refractivity contribution < 1.29 is 14.4 Å². The van der Waals surface area contributed by atoms with Crippen LogP contribution in [0.3, 0.4) is 0 Å². The Balaban J connectivity index is 1.75. The van der Waals surface area contributed by atoms with Gasteiger partial charge in [-0.2, -0.15) is 4.98 Å². The molecule has 2 heterocycles. The fourth-order valence-electron chi connectivity index (χ4n) is 2.28. The Kier molecular flexibility index (Phi) is 5.11. The Morgan fingerprint density at radius 1 is 1.24 bits per heavy atom. The largest absolute Gasteiger partial charge is 0.480 e. The van der Waals surface area contributed by atoms with Crippen LogP contribution in [0.2, 0.25) is 5.02 Å². The molecular formula is C16H16ClN5O3. The van der Waals surface area contributed by atoms with Gasteiger partial charge in [-0.1, -0.05) is 22.8 Å². The third-order valence-electron chi connectivity index (χ3n) is 3.58. The Labute approximate surface area is 148 Å². The van der Waals surface area contributed by atoms with Crippen LogP contribution in [0, 0.1) is 6.92 Å². The van der Waals surface area contributed by atoms with Crippen LogP contribution in [0.25, 0.3) is 11.5 Å². The second-order valence-corrected chi connectivity index (χ2v) is 5.61. The highest BCUT2D eigenvalue weighted by atomic mass is 35.5. The topological polar surface area (TPSA) is 106 Å². The van der Waals surface area contributed by atoms with Crippen LogP contribution < -0.4 is 10.1 Å². The number of halogens is 1. The van der Waals surface area contributed by atoms with Crippen LogP contribution in [-0.2, 0) is 13.2 Å². The number of nitrogens with one attached hydrogen (secondary N) is 1. The average Bonchev–Trinajstić information content (AvgIpc) is 3.11. The zero-order valence-electron chi connectivity index (χ0n) is 13.7. The number of aromatic nitrogens is 4. The Hall–Kier alpha value is -2.71. The molecule has 1 aromatic carbocycles. The van der Waals surface area contributed by atoms with Crippen LogP contribution in [0.5, 0.6) is 5.88 Å². The van der Waals surface area contributed by atoms with Gasteiger partial charge in [0.1, 0.15) is 5.69 Å². The van der Waals surface area contributed by atoms with Crippen LogP contribution in [0.15, 0.2) is 28.8 Å². The molecule has 3 aromatic rings. The fraction of sp³-hybridized carbons (Fsp3) is 0.250. The van der Waals surface area contributed by atoms with Crippen molar-refractivity contribution in [2.45, 2.75) is 20.1 Å². The molecule has 3 rings (SSSR count). The van der Waals surface area contributed by atoms with Gasteiger partial charge in [-0.15, -0.1) is 10.2 Å². The predicted octanol–water partition coefficient (Wildman–Crippen LogP) is 2.60. The van der Waals surface area contributed by atoms with Crippen molar-refractivity contribution >= 4 is 17.3 Å². The highest BCUT2D eigenvalue weighted by Crippen LogP contribution is 2.28. The smallest absolute Gasteiger partial charge is 0.246 e. The molecule has 0 unspecified atom stereocenters. The lowest BCUT2D eigenvalue weighted by Crippen LogP contribution is -2.05. The van der Waals surface area contributed by atoms with Crippen molar-refractivity contribution in [2.75, 3.05) is 12.4 Å². The van der Waals surface area contributed by atoms with E-state index in [2.05, 4.69) is 25.7 Å². The number of benzene rings is 1. The van der Waals surface area contributed by atoms with E-state index in [1.165, 1.54) is 7.11 Å². The van der Waals surface area contributed by atoms with Gasteiger partial charge in [-0.3, -0.25) is 0 Å². The normalized spacial score (nSPS) is 10.7. The molecule has 0 radical (unpaired) electrons. The minimum Gasteiger partial charge on any atom is -0.480 e. The number of aryl methyl sites for hydroxylation is 1. The van der Waals surface area contributed by atoms with Crippen molar-refractivity contribution in [1.82, 2.24) is 20.3 Å². The van der Waals surface area contributed by atoms with E-state index in [0.717, 1.165) is 11.3 Å². The molecule has 0 amide bonds. The van der Waals surface area contributed by atoms with Crippen molar-refractivity contribution in [2.24, 2.45) is 0 Å². The standard InChI is InChI=1S/C16H16ClN5O3/c1-9-3-4-11(17)10(8-23)15(9)18-7-14-19-16(22-25-14)12-5-6-13(24-2)21-20-12/h3-6,18,23H,7-8H2,1-2H3. The summed E-state index contributed by atoms with van der Waals surface area (Å²) in [6, 6.07) is 6.98. The number of aliphatic hydroxyl groups excluding tert-OH is 1. The first-order valence-electron chi connectivity index (χ1n) is 7.45. The molecule has 9 heteroatoms. The van der Waals surface area contributed by atoms with Crippen LogP contribution >= 0.6 is 11.6 Å². The lowest BCUT2D eigenvalue weighted by molar-refractivity contribution is 0.282. The van der Waals surface area contributed by atoms with E-state index < -0.39 is 0 Å². The molecule has 0 atom stereocenters. The molecule has 8 nitrogen and oxygen atoms in total. The molecule has 0 saturated carbocycles. The second kappa shape index (κ2) is 7.45. The minimum absolute atomic E-state index is 0.167. The third kappa shape index (κ3) is 3.70. The van der Waals surface area contributed by atoms with Gasteiger partial charge in [0.2, 0.25) is 17.6 Å². The monoisotopic (exact) mass is 361 g/mol. The first-order chi connectivity index (χ1) is 12.1. The van der Waals surface area contributed by atoms with E-state index in [-0.39, 0.29) is 13.2 Å². The second-order valence-electron chi connectivity index (χ2n) is 5.20. The van der Waals surface area contributed by atoms with E-state index in [1.807, 2.05) is 13.0 Å². The Bertz CT molecular complexity index is 867. The quantitative estimate of drug-likeness (QED) is 0.690. The summed E-state index contributed by atoms with van der Waals surface area (Å²) in [7, 11) is 1.51. The molecule has 0 saturated heterocycles. The first kappa shape index (κ1) is 17.1. The van der Waals surface area contributed by atoms with Gasteiger partial charge in [0.05, 0.1) is 20.3 Å². The van der Waals surface area contributed by atoms with Gasteiger partial charge in [0, 0.05) is 22.3 Å². The zero-order chi connectivity index (χ0) is 17.8. The molecule has 0 aliphatic carbocycles. The SMILES string of the molecule is COc1ccc(-c2noc(CNc3c(C)ccc(Cl)c3CO)n2)nn1. The van der Waals surface area contributed by atoms with Gasteiger partial charge in [-0.05, 0) is 24.6 Å². The number of hydrogen-bond acceptors (Lipinski definition) is 8. The average molecular weight is 362 g/mol.